The van der Waals surface area contributed by atoms with E-state index in [2.05, 4.69) is 15.7 Å². The van der Waals surface area contributed by atoms with Gasteiger partial charge < -0.3 is 19.6 Å². The van der Waals surface area contributed by atoms with E-state index in [1.807, 2.05) is 0 Å². The predicted molar refractivity (Wildman–Crippen MR) is 122 cm³/mol. The molecule has 3 heterocycles. The molecule has 1 fully saturated rings. The number of aliphatic hydroxyl groups is 1. The number of nitrogens with zero attached hydrogens (tertiary/aromatic N) is 2. The molecule has 0 unspecified atom stereocenters. The minimum absolute atomic E-state index is 0.0248. The number of hydrogen-bond acceptors (Lipinski definition) is 8. The Hall–Kier alpha value is -3.25. The highest BCUT2D eigenvalue weighted by Crippen LogP contribution is 2.30. The van der Waals surface area contributed by atoms with Crippen molar-refractivity contribution in [3.63, 3.8) is 0 Å². The molecule has 1 saturated heterocycles. The van der Waals surface area contributed by atoms with Crippen LogP contribution in [0.5, 0.6) is 0 Å². The molecule has 0 saturated carbocycles. The van der Waals surface area contributed by atoms with E-state index in [1.165, 1.54) is 23.7 Å². The number of benzene rings is 1. The van der Waals surface area contributed by atoms with Crippen LogP contribution in [0.3, 0.4) is 0 Å². The van der Waals surface area contributed by atoms with Crippen LogP contribution in [0.2, 0.25) is 0 Å². The lowest BCUT2D eigenvalue weighted by Gasteiger charge is -2.25. The van der Waals surface area contributed by atoms with E-state index in [1.54, 1.807) is 19.1 Å². The number of rotatable bonds is 8. The van der Waals surface area contributed by atoms with Crippen molar-refractivity contribution in [3.8, 4) is 0 Å². The SMILES string of the molecule is Cc1ccc(Nc2c(C(=O)NOCCO)c3oc(CN4CCOCC4)cc3c(=O)n2C)c(F)c1. The van der Waals surface area contributed by atoms with Crippen LogP contribution in [0.1, 0.15) is 21.7 Å². The fraction of sp³-hybridized carbons (Fsp3) is 0.391. The number of fused-ring (bicyclic) bond motifs is 1. The number of morpholine rings is 1. The summed E-state index contributed by atoms with van der Waals surface area (Å²) in [7, 11) is 1.48. The van der Waals surface area contributed by atoms with Crippen LogP contribution in [-0.4, -0.2) is 60.0 Å². The largest absolute Gasteiger partial charge is 0.458 e. The topological polar surface area (TPSA) is 118 Å². The van der Waals surface area contributed by atoms with Crippen LogP contribution in [0.25, 0.3) is 11.0 Å². The zero-order valence-electron chi connectivity index (χ0n) is 19.0. The van der Waals surface area contributed by atoms with Crippen LogP contribution in [-0.2, 0) is 23.2 Å². The van der Waals surface area contributed by atoms with Gasteiger partial charge in [0.25, 0.3) is 11.5 Å². The second kappa shape index (κ2) is 10.3. The molecule has 4 rings (SSSR count). The van der Waals surface area contributed by atoms with Crippen LogP contribution in [0.15, 0.2) is 33.5 Å². The minimum atomic E-state index is -0.712. The highest BCUT2D eigenvalue weighted by Gasteiger charge is 2.26. The third-order valence-electron chi connectivity index (χ3n) is 5.56. The van der Waals surface area contributed by atoms with E-state index in [0.717, 1.165) is 18.7 Å². The standard InChI is InChI=1S/C23H27FN4O6/c1-14-3-4-18(17(24)11-14)25-21-19(22(30)26-33-10-7-29)20-16(23(31)27(21)2)12-15(34-20)13-28-5-8-32-9-6-28/h3-4,11-12,25,29H,5-10,13H2,1-2H3,(H,26,30). The number of hydrogen-bond donors (Lipinski definition) is 3. The molecule has 11 heteroatoms. The van der Waals surface area contributed by atoms with Crippen molar-refractivity contribution >= 4 is 28.4 Å². The summed E-state index contributed by atoms with van der Waals surface area (Å²) in [5.41, 5.74) is 2.69. The third-order valence-corrected chi connectivity index (χ3v) is 5.56. The number of anilines is 2. The molecule has 0 spiro atoms. The van der Waals surface area contributed by atoms with Gasteiger partial charge in [-0.1, -0.05) is 6.07 Å². The molecule has 0 bridgehead atoms. The lowest BCUT2D eigenvalue weighted by molar-refractivity contribution is 0.0169. The molecule has 10 nitrogen and oxygen atoms in total. The smallest absolute Gasteiger partial charge is 0.282 e. The Morgan fingerprint density at radius 1 is 1.26 bits per heavy atom. The minimum Gasteiger partial charge on any atom is -0.458 e. The Labute approximate surface area is 194 Å². The lowest BCUT2D eigenvalue weighted by Crippen LogP contribution is -2.35. The zero-order valence-corrected chi connectivity index (χ0v) is 19.0. The van der Waals surface area contributed by atoms with Gasteiger partial charge in [0.05, 0.1) is 44.0 Å². The maximum Gasteiger partial charge on any atom is 0.282 e. The van der Waals surface area contributed by atoms with E-state index in [0.29, 0.717) is 25.5 Å². The van der Waals surface area contributed by atoms with E-state index < -0.39 is 17.3 Å². The van der Waals surface area contributed by atoms with E-state index in [9.17, 15) is 14.0 Å². The van der Waals surface area contributed by atoms with Crippen molar-refractivity contribution in [2.75, 3.05) is 44.8 Å². The van der Waals surface area contributed by atoms with Gasteiger partial charge in [-0.3, -0.25) is 23.9 Å². The summed E-state index contributed by atoms with van der Waals surface area (Å²) in [5, 5.41) is 12.0. The van der Waals surface area contributed by atoms with Crippen LogP contribution in [0.4, 0.5) is 15.9 Å². The maximum absolute atomic E-state index is 14.6. The predicted octanol–water partition coefficient (Wildman–Crippen LogP) is 1.81. The fourth-order valence-electron chi connectivity index (χ4n) is 3.82. The molecule has 3 aromatic rings. The molecular weight excluding hydrogens is 447 g/mol. The molecule has 34 heavy (non-hydrogen) atoms. The Morgan fingerprint density at radius 3 is 2.74 bits per heavy atom. The average molecular weight is 474 g/mol. The van der Waals surface area contributed by atoms with Gasteiger partial charge in [0, 0.05) is 20.1 Å². The lowest BCUT2D eigenvalue weighted by atomic mass is 10.1. The molecule has 182 valence electrons. The Kier molecular flexibility index (Phi) is 7.27. The number of carbonyl (C=O) groups excluding carboxylic acids is 1. The number of pyridine rings is 1. The number of amides is 1. The van der Waals surface area contributed by atoms with Gasteiger partial charge >= 0.3 is 0 Å². The van der Waals surface area contributed by atoms with Crippen LogP contribution >= 0.6 is 0 Å². The van der Waals surface area contributed by atoms with Gasteiger partial charge in [-0.2, -0.15) is 0 Å². The molecule has 0 atom stereocenters. The summed E-state index contributed by atoms with van der Waals surface area (Å²) < 4.78 is 27.2. The van der Waals surface area contributed by atoms with Crippen LogP contribution in [0, 0.1) is 12.7 Å². The summed E-state index contributed by atoms with van der Waals surface area (Å²) in [6, 6.07) is 6.19. The number of ether oxygens (including phenoxy) is 1. The van der Waals surface area contributed by atoms with Gasteiger partial charge in [-0.15, -0.1) is 0 Å². The van der Waals surface area contributed by atoms with Crippen LogP contribution < -0.4 is 16.4 Å². The number of halogens is 1. The first-order valence-corrected chi connectivity index (χ1v) is 10.9. The Balaban J connectivity index is 1.81. The number of aromatic nitrogens is 1. The number of furan rings is 1. The molecule has 0 radical (unpaired) electrons. The van der Waals surface area contributed by atoms with Crippen molar-refractivity contribution in [3.05, 3.63) is 57.3 Å². The first kappa shape index (κ1) is 23.9. The van der Waals surface area contributed by atoms with Crippen molar-refractivity contribution in [1.82, 2.24) is 14.9 Å². The summed E-state index contributed by atoms with van der Waals surface area (Å²) in [5.74, 6) is -0.699. The fourth-order valence-corrected chi connectivity index (χ4v) is 3.82. The molecular formula is C23H27FN4O6. The van der Waals surface area contributed by atoms with Gasteiger partial charge in [-0.25, -0.2) is 9.87 Å². The molecule has 2 aromatic heterocycles. The van der Waals surface area contributed by atoms with Gasteiger partial charge in [0.2, 0.25) is 0 Å². The summed E-state index contributed by atoms with van der Waals surface area (Å²) in [6.45, 7) is 4.42. The monoisotopic (exact) mass is 474 g/mol. The number of nitrogens with one attached hydrogen (secondary N) is 2. The third kappa shape index (κ3) is 4.97. The summed E-state index contributed by atoms with van der Waals surface area (Å²) >= 11 is 0. The normalized spacial score (nSPS) is 14.5. The number of carbonyl (C=O) groups is 1. The molecule has 1 aliphatic heterocycles. The summed E-state index contributed by atoms with van der Waals surface area (Å²) in [6.07, 6.45) is 0. The zero-order chi connectivity index (χ0) is 24.2. The quantitative estimate of drug-likeness (QED) is 0.334. The highest BCUT2D eigenvalue weighted by atomic mass is 19.1. The molecule has 1 aromatic carbocycles. The Morgan fingerprint density at radius 2 is 2.03 bits per heavy atom. The number of aryl methyl sites for hydroxylation is 1. The van der Waals surface area contributed by atoms with E-state index >= 15 is 0 Å². The van der Waals surface area contributed by atoms with Crippen molar-refractivity contribution < 1.29 is 28.3 Å². The molecule has 3 N–H and O–H groups in total. The van der Waals surface area contributed by atoms with Gasteiger partial charge in [0.15, 0.2) is 5.58 Å². The Bertz CT molecular complexity index is 1250. The maximum atomic E-state index is 14.6. The van der Waals surface area contributed by atoms with Crippen molar-refractivity contribution in [1.29, 1.82) is 0 Å². The summed E-state index contributed by atoms with van der Waals surface area (Å²) in [4.78, 5) is 33.4. The number of hydroxylamine groups is 1. The van der Waals surface area contributed by atoms with Crippen molar-refractivity contribution in [2.24, 2.45) is 7.05 Å². The molecule has 1 aliphatic rings. The first-order chi connectivity index (χ1) is 16.4. The average Bonchev–Trinajstić information content (AvgIpc) is 3.23. The number of aliphatic hydroxyl groups excluding tert-OH is 1. The van der Waals surface area contributed by atoms with Gasteiger partial charge in [-0.05, 0) is 30.7 Å². The van der Waals surface area contributed by atoms with Crippen molar-refractivity contribution in [2.45, 2.75) is 13.5 Å². The molecule has 0 aliphatic carbocycles. The second-order valence-corrected chi connectivity index (χ2v) is 8.04. The highest BCUT2D eigenvalue weighted by molar-refractivity contribution is 6.09. The van der Waals surface area contributed by atoms with E-state index in [4.69, 9.17) is 19.1 Å². The second-order valence-electron chi connectivity index (χ2n) is 8.04. The molecule has 1 amide bonds. The first-order valence-electron chi connectivity index (χ1n) is 10.9. The van der Waals surface area contributed by atoms with Gasteiger partial charge in [0.1, 0.15) is 23.0 Å². The van der Waals surface area contributed by atoms with E-state index in [-0.39, 0.29) is 41.3 Å².